The van der Waals surface area contributed by atoms with Gasteiger partial charge in [-0.15, -0.1) is 11.8 Å². The van der Waals surface area contributed by atoms with Crippen LogP contribution in [-0.2, 0) is 10.0 Å². The lowest BCUT2D eigenvalue weighted by Crippen LogP contribution is -2.50. The molecule has 1 fully saturated rings. The summed E-state index contributed by atoms with van der Waals surface area (Å²) in [4.78, 5) is 6.19. The Morgan fingerprint density at radius 1 is 1.06 bits per heavy atom. The largest absolute Gasteiger partial charge is 0.493 e. The fraction of sp³-hybridized carbons (Fsp3) is 0.385. The lowest BCUT2D eigenvalue weighted by atomic mass is 10.1. The summed E-state index contributed by atoms with van der Waals surface area (Å²) in [5, 5.41) is 0. The predicted octanol–water partition coefficient (Wildman–Crippen LogP) is 4.13. The second-order valence-corrected chi connectivity index (χ2v) is 11.9. The maximum atomic E-state index is 13.4. The summed E-state index contributed by atoms with van der Waals surface area (Å²) >= 11 is 1.69. The first-order valence-electron chi connectivity index (χ1n) is 11.8. The number of anilines is 1. The minimum absolute atomic E-state index is 0.325. The van der Waals surface area contributed by atoms with Crippen LogP contribution in [0.1, 0.15) is 12.0 Å². The number of aryl methyl sites for hydroxylation is 1. The molecule has 0 bridgehead atoms. The lowest BCUT2D eigenvalue weighted by molar-refractivity contribution is 0.126. The monoisotopic (exact) mass is 497 g/mol. The fourth-order valence-electron chi connectivity index (χ4n) is 4.62. The molecule has 6 nitrogen and oxygen atoms in total. The minimum Gasteiger partial charge on any atom is -0.493 e. The minimum atomic E-state index is -3.61. The summed E-state index contributed by atoms with van der Waals surface area (Å²) in [7, 11) is -3.61. The number of thioether (sulfide) groups is 1. The molecular formula is C26H31N3O3S2. The zero-order chi connectivity index (χ0) is 23.5. The maximum Gasteiger partial charge on any atom is 0.264 e. The molecule has 0 aromatic heterocycles. The van der Waals surface area contributed by atoms with Gasteiger partial charge in [0, 0.05) is 49.4 Å². The van der Waals surface area contributed by atoms with Crippen molar-refractivity contribution in [3.63, 3.8) is 0 Å². The molecule has 180 valence electrons. The van der Waals surface area contributed by atoms with Gasteiger partial charge in [-0.05, 0) is 49.9 Å². The van der Waals surface area contributed by atoms with Crippen LogP contribution in [0, 0.1) is 6.92 Å². The van der Waals surface area contributed by atoms with E-state index in [0.29, 0.717) is 29.8 Å². The molecule has 8 heteroatoms. The molecule has 0 spiro atoms. The van der Waals surface area contributed by atoms with Crippen molar-refractivity contribution >= 4 is 27.5 Å². The Labute approximate surface area is 206 Å². The van der Waals surface area contributed by atoms with Gasteiger partial charge >= 0.3 is 0 Å². The van der Waals surface area contributed by atoms with Crippen molar-refractivity contribution in [3.8, 4) is 5.75 Å². The average Bonchev–Trinajstić information content (AvgIpc) is 2.86. The van der Waals surface area contributed by atoms with E-state index in [1.807, 2.05) is 37.3 Å². The Kier molecular flexibility index (Phi) is 6.90. The Balaban J connectivity index is 1.21. The number of benzene rings is 2. The number of sulfonamides is 1. The molecule has 3 aliphatic rings. The number of piperazine rings is 1. The summed E-state index contributed by atoms with van der Waals surface area (Å²) in [5.74, 6) is 1.45. The van der Waals surface area contributed by atoms with Crippen molar-refractivity contribution in [2.45, 2.75) is 29.2 Å². The molecule has 0 N–H and O–H groups in total. The average molecular weight is 498 g/mol. The van der Waals surface area contributed by atoms with E-state index in [1.54, 1.807) is 23.9 Å². The number of ether oxygens (including phenoxy) is 1. The molecule has 0 aliphatic carbocycles. The first kappa shape index (κ1) is 23.3. The van der Waals surface area contributed by atoms with Crippen LogP contribution in [0.2, 0.25) is 0 Å². The highest BCUT2D eigenvalue weighted by Gasteiger charge is 2.30. The van der Waals surface area contributed by atoms with E-state index in [9.17, 15) is 8.42 Å². The lowest BCUT2D eigenvalue weighted by Gasteiger charge is -2.40. The van der Waals surface area contributed by atoms with Gasteiger partial charge in [0.05, 0.1) is 23.2 Å². The van der Waals surface area contributed by atoms with Gasteiger partial charge in [-0.3, -0.25) is 9.21 Å². The second-order valence-electron chi connectivity index (χ2n) is 8.90. The summed E-state index contributed by atoms with van der Waals surface area (Å²) in [5.41, 5.74) is 1.75. The van der Waals surface area contributed by atoms with Crippen molar-refractivity contribution in [2.24, 2.45) is 0 Å². The molecule has 0 amide bonds. The quantitative estimate of drug-likeness (QED) is 0.536. The van der Waals surface area contributed by atoms with Crippen LogP contribution in [0.4, 0.5) is 5.69 Å². The molecule has 3 heterocycles. The van der Waals surface area contributed by atoms with Crippen LogP contribution in [0.5, 0.6) is 5.75 Å². The van der Waals surface area contributed by atoms with Crippen LogP contribution in [-0.4, -0.2) is 69.3 Å². The van der Waals surface area contributed by atoms with Crippen LogP contribution < -0.4 is 9.04 Å². The van der Waals surface area contributed by atoms with Gasteiger partial charge in [-0.25, -0.2) is 8.42 Å². The Morgan fingerprint density at radius 3 is 2.76 bits per heavy atom. The SMILES string of the molecule is Cc1ccc(S(=O)(=O)N2CCSc3ccc(OCCCN4CCN5C=CC=C[C@@H]5C4)cc32)cc1. The van der Waals surface area contributed by atoms with E-state index < -0.39 is 10.0 Å². The standard InChI is InChI=1S/C26H31N3O3S2/c1-21-6-9-24(10-7-21)34(30,31)29-16-18-33-26-11-8-23(19-25(26)29)32-17-4-12-27-14-15-28-13-3-2-5-22(28)20-27/h2-3,5-11,13,19,22H,4,12,14-18,20H2,1H3/t22-/m1/s1. The predicted molar refractivity (Wildman–Crippen MR) is 138 cm³/mol. The molecule has 3 aliphatic heterocycles. The van der Waals surface area contributed by atoms with Gasteiger partial charge in [-0.2, -0.15) is 0 Å². The number of rotatable bonds is 7. The van der Waals surface area contributed by atoms with Gasteiger partial charge in [0.1, 0.15) is 5.75 Å². The highest BCUT2D eigenvalue weighted by molar-refractivity contribution is 8.00. The van der Waals surface area contributed by atoms with Gasteiger partial charge < -0.3 is 9.64 Å². The molecule has 1 atom stereocenters. The van der Waals surface area contributed by atoms with Gasteiger partial charge in [0.15, 0.2) is 0 Å². The number of nitrogens with zero attached hydrogens (tertiary/aromatic N) is 3. The van der Waals surface area contributed by atoms with E-state index in [1.165, 1.54) is 4.31 Å². The van der Waals surface area contributed by atoms with Gasteiger partial charge in [0.25, 0.3) is 10.0 Å². The van der Waals surface area contributed by atoms with Crippen LogP contribution in [0.25, 0.3) is 0 Å². The molecule has 2 aromatic rings. The van der Waals surface area contributed by atoms with Crippen LogP contribution >= 0.6 is 11.8 Å². The third-order valence-corrected chi connectivity index (χ3v) is 9.39. The van der Waals surface area contributed by atoms with Crippen molar-refractivity contribution < 1.29 is 13.2 Å². The van der Waals surface area contributed by atoms with E-state index in [2.05, 4.69) is 34.2 Å². The zero-order valence-electron chi connectivity index (χ0n) is 19.5. The summed E-state index contributed by atoms with van der Waals surface area (Å²) in [6, 6.07) is 13.3. The van der Waals surface area contributed by atoms with Gasteiger partial charge in [-0.1, -0.05) is 29.8 Å². The van der Waals surface area contributed by atoms with E-state index in [-0.39, 0.29) is 0 Å². The van der Waals surface area contributed by atoms with Crippen molar-refractivity contribution in [1.82, 2.24) is 9.80 Å². The van der Waals surface area contributed by atoms with Crippen LogP contribution in [0.3, 0.4) is 0 Å². The van der Waals surface area contributed by atoms with E-state index in [0.717, 1.165) is 54.6 Å². The normalized spacial score (nSPS) is 20.2. The Hall–Kier alpha value is -2.42. The van der Waals surface area contributed by atoms with Crippen molar-refractivity contribution in [2.75, 3.05) is 49.4 Å². The van der Waals surface area contributed by atoms with Crippen molar-refractivity contribution in [3.05, 3.63) is 72.5 Å². The molecule has 0 unspecified atom stereocenters. The highest BCUT2D eigenvalue weighted by Crippen LogP contribution is 2.40. The fourth-order valence-corrected chi connectivity index (χ4v) is 7.25. The number of hydrogen-bond acceptors (Lipinski definition) is 6. The molecule has 0 radical (unpaired) electrons. The molecule has 2 aromatic carbocycles. The molecule has 34 heavy (non-hydrogen) atoms. The molecule has 0 saturated carbocycles. The number of allylic oxidation sites excluding steroid dienone is 2. The first-order chi connectivity index (χ1) is 16.5. The number of fused-ring (bicyclic) bond motifs is 2. The maximum absolute atomic E-state index is 13.4. The van der Waals surface area contributed by atoms with Crippen LogP contribution in [0.15, 0.2) is 76.7 Å². The topological polar surface area (TPSA) is 53.1 Å². The third kappa shape index (κ3) is 4.99. The number of hydrogen-bond donors (Lipinski definition) is 0. The highest BCUT2D eigenvalue weighted by atomic mass is 32.2. The van der Waals surface area contributed by atoms with Gasteiger partial charge in [0.2, 0.25) is 0 Å². The molecular weight excluding hydrogens is 466 g/mol. The third-order valence-electron chi connectivity index (χ3n) is 6.52. The van der Waals surface area contributed by atoms with E-state index in [4.69, 9.17) is 4.74 Å². The molecule has 5 rings (SSSR count). The first-order valence-corrected chi connectivity index (χ1v) is 14.3. The summed E-state index contributed by atoms with van der Waals surface area (Å²) < 4.78 is 34.3. The zero-order valence-corrected chi connectivity index (χ0v) is 21.1. The molecule has 1 saturated heterocycles. The summed E-state index contributed by atoms with van der Waals surface area (Å²) in [6.07, 6.45) is 9.62. The Morgan fingerprint density at radius 2 is 1.91 bits per heavy atom. The van der Waals surface area contributed by atoms with Crippen molar-refractivity contribution in [1.29, 1.82) is 0 Å². The van der Waals surface area contributed by atoms with E-state index >= 15 is 0 Å². The second kappa shape index (κ2) is 10.1. The Bertz CT molecular complexity index is 1180. The summed E-state index contributed by atoms with van der Waals surface area (Å²) in [6.45, 7) is 7.18. The smallest absolute Gasteiger partial charge is 0.264 e.